The van der Waals surface area contributed by atoms with E-state index in [0.29, 0.717) is 6.54 Å². The molecule has 6 nitrogen and oxygen atoms in total. The van der Waals surface area contributed by atoms with Gasteiger partial charge in [-0.1, -0.05) is 30.3 Å². The van der Waals surface area contributed by atoms with Crippen molar-refractivity contribution in [2.75, 3.05) is 45.9 Å². The van der Waals surface area contributed by atoms with Crippen LogP contribution < -0.4 is 10.6 Å². The fourth-order valence-electron chi connectivity index (χ4n) is 3.57. The lowest BCUT2D eigenvalue weighted by atomic mass is 10.1. The molecule has 1 aliphatic heterocycles. The summed E-state index contributed by atoms with van der Waals surface area (Å²) < 4.78 is 11.5. The van der Waals surface area contributed by atoms with Crippen molar-refractivity contribution in [1.82, 2.24) is 15.5 Å². The van der Waals surface area contributed by atoms with Crippen LogP contribution in [-0.4, -0.2) is 56.8 Å². The summed E-state index contributed by atoms with van der Waals surface area (Å²) in [6, 6.07) is 14.8. The van der Waals surface area contributed by atoms with E-state index in [0.717, 1.165) is 69.7 Å². The molecule has 1 atom stereocenters. The summed E-state index contributed by atoms with van der Waals surface area (Å²) in [4.78, 5) is 7.28. The molecule has 166 valence electrons. The average molecular weight is 526 g/mol. The van der Waals surface area contributed by atoms with Crippen molar-refractivity contribution < 1.29 is 9.15 Å². The van der Waals surface area contributed by atoms with Gasteiger partial charge in [-0.25, -0.2) is 0 Å². The summed E-state index contributed by atoms with van der Waals surface area (Å²) in [7, 11) is 0. The van der Waals surface area contributed by atoms with E-state index in [1.54, 1.807) is 0 Å². The van der Waals surface area contributed by atoms with Crippen LogP contribution in [0.5, 0.6) is 0 Å². The van der Waals surface area contributed by atoms with Gasteiger partial charge in [0.2, 0.25) is 0 Å². The quantitative estimate of drug-likeness (QED) is 0.226. The third-order valence-corrected chi connectivity index (χ3v) is 5.12. The number of guanidine groups is 1. The average Bonchev–Trinajstić information content (AvgIpc) is 3.18. The minimum atomic E-state index is 0. The zero-order valence-corrected chi connectivity index (χ0v) is 20.4. The molecule has 2 aromatic rings. The van der Waals surface area contributed by atoms with Crippen LogP contribution in [0.15, 0.2) is 51.9 Å². The lowest BCUT2D eigenvalue weighted by Gasteiger charge is -2.32. The zero-order valence-electron chi connectivity index (χ0n) is 18.1. The molecule has 3 rings (SSSR count). The van der Waals surface area contributed by atoms with Crippen LogP contribution in [0.2, 0.25) is 0 Å². The molecule has 30 heavy (non-hydrogen) atoms. The molecule has 1 saturated heterocycles. The molecule has 1 aromatic carbocycles. The van der Waals surface area contributed by atoms with Gasteiger partial charge in [-0.2, -0.15) is 0 Å². The smallest absolute Gasteiger partial charge is 0.191 e. The van der Waals surface area contributed by atoms with E-state index in [1.807, 2.05) is 13.0 Å². The summed E-state index contributed by atoms with van der Waals surface area (Å²) in [5, 5.41) is 6.83. The minimum Gasteiger partial charge on any atom is -0.465 e. The highest BCUT2D eigenvalue weighted by Crippen LogP contribution is 2.24. The first-order valence-electron chi connectivity index (χ1n) is 10.7. The Morgan fingerprint density at radius 2 is 1.87 bits per heavy atom. The summed E-state index contributed by atoms with van der Waals surface area (Å²) in [5.74, 6) is 2.78. The SMILES string of the molecule is CCNC(=NCC(c1ccc(C)o1)N1CCOCC1)NCCCc1ccccc1.I. The number of benzene rings is 1. The molecule has 0 spiro atoms. The number of nitrogens with one attached hydrogen (secondary N) is 2. The molecule has 7 heteroatoms. The topological polar surface area (TPSA) is 62.0 Å². The number of halogens is 1. The van der Waals surface area contributed by atoms with E-state index < -0.39 is 0 Å². The summed E-state index contributed by atoms with van der Waals surface area (Å²) >= 11 is 0. The van der Waals surface area contributed by atoms with E-state index in [9.17, 15) is 0 Å². The summed E-state index contributed by atoms with van der Waals surface area (Å²) in [6.45, 7) is 9.80. The van der Waals surface area contributed by atoms with Gasteiger partial charge in [0.25, 0.3) is 0 Å². The van der Waals surface area contributed by atoms with Crippen molar-refractivity contribution in [1.29, 1.82) is 0 Å². The first-order valence-corrected chi connectivity index (χ1v) is 10.7. The number of furan rings is 1. The van der Waals surface area contributed by atoms with E-state index >= 15 is 0 Å². The second-order valence-corrected chi connectivity index (χ2v) is 7.35. The van der Waals surface area contributed by atoms with Gasteiger partial charge in [-0.3, -0.25) is 9.89 Å². The number of ether oxygens (including phenoxy) is 1. The van der Waals surface area contributed by atoms with Crippen molar-refractivity contribution in [2.45, 2.75) is 32.7 Å². The van der Waals surface area contributed by atoms with Crippen LogP contribution >= 0.6 is 24.0 Å². The molecule has 0 bridgehead atoms. The van der Waals surface area contributed by atoms with Crippen LogP contribution in [0, 0.1) is 6.92 Å². The fraction of sp³-hybridized carbons (Fsp3) is 0.522. The molecule has 1 aromatic heterocycles. The maximum Gasteiger partial charge on any atom is 0.191 e. The van der Waals surface area contributed by atoms with Gasteiger partial charge < -0.3 is 19.8 Å². The third-order valence-electron chi connectivity index (χ3n) is 5.12. The largest absolute Gasteiger partial charge is 0.465 e. The normalized spacial score (nSPS) is 16.0. The third kappa shape index (κ3) is 7.92. The highest BCUT2D eigenvalue weighted by atomic mass is 127. The van der Waals surface area contributed by atoms with E-state index in [2.05, 4.69) is 58.9 Å². The molecule has 1 fully saturated rings. The second-order valence-electron chi connectivity index (χ2n) is 7.35. The van der Waals surface area contributed by atoms with E-state index in [4.69, 9.17) is 14.1 Å². The number of hydrogen-bond donors (Lipinski definition) is 2. The number of hydrogen-bond acceptors (Lipinski definition) is 4. The maximum absolute atomic E-state index is 5.95. The van der Waals surface area contributed by atoms with Crippen molar-refractivity contribution in [3.8, 4) is 0 Å². The van der Waals surface area contributed by atoms with Crippen molar-refractivity contribution >= 4 is 29.9 Å². The fourth-order valence-corrected chi connectivity index (χ4v) is 3.57. The molecule has 1 unspecified atom stereocenters. The van der Waals surface area contributed by atoms with Crippen molar-refractivity contribution in [3.05, 3.63) is 59.5 Å². The van der Waals surface area contributed by atoms with Crippen LogP contribution in [0.4, 0.5) is 0 Å². The Morgan fingerprint density at radius 1 is 1.10 bits per heavy atom. The molecule has 0 saturated carbocycles. The molecule has 1 aliphatic rings. The number of nitrogens with zero attached hydrogens (tertiary/aromatic N) is 2. The molecule has 0 aliphatic carbocycles. The Labute approximate surface area is 197 Å². The molecule has 0 radical (unpaired) electrons. The molecular formula is C23H35IN4O2. The highest BCUT2D eigenvalue weighted by molar-refractivity contribution is 14.0. The number of aliphatic imine (C=N–C) groups is 1. The van der Waals surface area contributed by atoms with Gasteiger partial charge >= 0.3 is 0 Å². The van der Waals surface area contributed by atoms with Gasteiger partial charge in [0.05, 0.1) is 25.8 Å². The lowest BCUT2D eigenvalue weighted by molar-refractivity contribution is 0.0135. The minimum absolute atomic E-state index is 0. The Balaban J connectivity index is 0.00000320. The number of morpholine rings is 1. The van der Waals surface area contributed by atoms with Crippen molar-refractivity contribution in [3.63, 3.8) is 0 Å². The lowest BCUT2D eigenvalue weighted by Crippen LogP contribution is -2.42. The molecule has 0 amide bonds. The zero-order chi connectivity index (χ0) is 20.3. The highest BCUT2D eigenvalue weighted by Gasteiger charge is 2.25. The Kier molecular flexibility index (Phi) is 11.2. The molecule has 2 heterocycles. The monoisotopic (exact) mass is 526 g/mol. The predicted molar refractivity (Wildman–Crippen MR) is 133 cm³/mol. The molecular weight excluding hydrogens is 491 g/mol. The van der Waals surface area contributed by atoms with Crippen LogP contribution in [0.25, 0.3) is 0 Å². The van der Waals surface area contributed by atoms with Gasteiger partial charge in [-0.15, -0.1) is 24.0 Å². The summed E-state index contributed by atoms with van der Waals surface area (Å²) in [6.07, 6.45) is 2.13. The molecule has 2 N–H and O–H groups in total. The predicted octanol–water partition coefficient (Wildman–Crippen LogP) is 3.77. The van der Waals surface area contributed by atoms with Gasteiger partial charge in [-0.05, 0) is 44.4 Å². The summed E-state index contributed by atoms with van der Waals surface area (Å²) in [5.41, 5.74) is 1.37. The Morgan fingerprint density at radius 3 is 2.53 bits per heavy atom. The van der Waals surface area contributed by atoms with Gasteiger partial charge in [0, 0.05) is 26.2 Å². The van der Waals surface area contributed by atoms with E-state index in [-0.39, 0.29) is 30.0 Å². The van der Waals surface area contributed by atoms with Gasteiger partial charge in [0.1, 0.15) is 11.5 Å². The standard InChI is InChI=1S/C23H34N4O2.HI/c1-3-24-23(25-13-7-10-20-8-5-4-6-9-20)26-18-21(22-12-11-19(2)29-22)27-14-16-28-17-15-27;/h4-6,8-9,11-12,21H,3,7,10,13-18H2,1-2H3,(H2,24,25,26);1H. The van der Waals surface area contributed by atoms with Crippen LogP contribution in [0.1, 0.15) is 36.5 Å². The second kappa shape index (κ2) is 13.7. The Bertz CT molecular complexity index is 745. The Hall–Kier alpha value is -1.58. The first-order chi connectivity index (χ1) is 14.3. The maximum atomic E-state index is 5.95. The van der Waals surface area contributed by atoms with Crippen LogP contribution in [-0.2, 0) is 11.2 Å². The number of aryl methyl sites for hydroxylation is 2. The van der Waals surface area contributed by atoms with Crippen molar-refractivity contribution in [2.24, 2.45) is 4.99 Å². The first kappa shape index (κ1) is 24.7. The van der Waals surface area contributed by atoms with Crippen LogP contribution in [0.3, 0.4) is 0 Å². The van der Waals surface area contributed by atoms with Gasteiger partial charge in [0.15, 0.2) is 5.96 Å². The van der Waals surface area contributed by atoms with E-state index in [1.165, 1.54) is 5.56 Å². The number of rotatable bonds is 9.